The number of nitrogens with zero attached hydrogens (tertiary/aromatic N) is 2. The number of aliphatic hydroxyl groups excluding tert-OH is 1. The Morgan fingerprint density at radius 2 is 1.81 bits per heavy atom. The van der Waals surface area contributed by atoms with Crippen molar-refractivity contribution in [3.8, 4) is 0 Å². The van der Waals surface area contributed by atoms with E-state index in [0.717, 1.165) is 30.0 Å². The molecule has 1 radical (unpaired) electrons. The van der Waals surface area contributed by atoms with Gasteiger partial charge in [-0.15, -0.1) is 36.2 Å². The number of allylic oxidation sites excluding steroid dienone is 5. The fourth-order valence-electron chi connectivity index (χ4n) is 5.65. The van der Waals surface area contributed by atoms with E-state index in [0.29, 0.717) is 17.2 Å². The van der Waals surface area contributed by atoms with Crippen molar-refractivity contribution in [1.82, 2.24) is 4.90 Å². The maximum Gasteiger partial charge on any atom is 0.0806 e. The van der Waals surface area contributed by atoms with Crippen molar-refractivity contribution in [2.24, 2.45) is 11.8 Å². The Hall–Kier alpha value is -1.62. The van der Waals surface area contributed by atoms with Gasteiger partial charge >= 0.3 is 0 Å². The van der Waals surface area contributed by atoms with Crippen LogP contribution in [0.25, 0.3) is 5.32 Å². The summed E-state index contributed by atoms with van der Waals surface area (Å²) in [6.07, 6.45) is 18.3. The molecular formula is C37H56N2OSY-2. The zero-order chi connectivity index (χ0) is 30.9. The molecule has 0 spiro atoms. The van der Waals surface area contributed by atoms with Crippen LogP contribution in [-0.2, 0) is 39.1 Å². The van der Waals surface area contributed by atoms with Crippen molar-refractivity contribution in [2.45, 2.75) is 91.4 Å². The molecule has 3 rings (SSSR count). The van der Waals surface area contributed by atoms with Crippen LogP contribution >= 0.6 is 11.8 Å². The molecule has 0 fully saturated rings. The summed E-state index contributed by atoms with van der Waals surface area (Å²) in [4.78, 5) is 2.34. The summed E-state index contributed by atoms with van der Waals surface area (Å²) in [6, 6.07) is 4.70. The van der Waals surface area contributed by atoms with E-state index in [1.165, 1.54) is 65.6 Å². The normalized spacial score (nSPS) is 19.0. The van der Waals surface area contributed by atoms with E-state index in [4.69, 9.17) is 5.11 Å². The SMILES string of the molecule is C=CC(C)C1SCC(/C=C/[CH2-])=C(C)N1C.C=CO.C=C[N-]c1cc(CC(CC)CC)cc(C)c1C1C=C(C)CCC1.[Y]. The van der Waals surface area contributed by atoms with Crippen molar-refractivity contribution < 1.29 is 37.8 Å². The molecule has 231 valence electrons. The van der Waals surface area contributed by atoms with E-state index in [1.807, 2.05) is 23.9 Å². The standard InChI is InChI=1S/C22H32N.C13H20NS.C2H4O.Y/c1-6-18(7-2)14-19-13-17(5)22(21(15-19)23-8-3)20-11-9-10-16(4)12-20;1-6-8-12-9-15-13(10(3)7-2)14(5)11(12)4;1-2-3;/h8,12-13,15,18,20H,3,6-7,9-11,14H2,1-2,4-5H3;6-8,10,13H,1-2,9H2,3-5H3;2-3H,1H2;/q2*-1;;/b;8-6+;;. The molecule has 3 nitrogen and oxygen atoms in total. The van der Waals surface area contributed by atoms with Gasteiger partial charge < -0.3 is 15.3 Å². The molecule has 5 heteroatoms. The molecule has 1 N–H and O–H groups in total. The smallest absolute Gasteiger partial charge is 0.0806 e. The Bertz CT molecular complexity index is 1070. The van der Waals surface area contributed by atoms with Crippen LogP contribution in [0, 0.1) is 25.7 Å². The van der Waals surface area contributed by atoms with Crippen LogP contribution in [0.4, 0.5) is 5.69 Å². The molecule has 0 saturated heterocycles. The second kappa shape index (κ2) is 22.0. The van der Waals surface area contributed by atoms with Gasteiger partial charge in [0.25, 0.3) is 0 Å². The van der Waals surface area contributed by atoms with Crippen molar-refractivity contribution in [2.75, 3.05) is 12.8 Å². The summed E-state index contributed by atoms with van der Waals surface area (Å²) < 4.78 is 0. The van der Waals surface area contributed by atoms with E-state index in [1.54, 1.807) is 6.20 Å². The molecule has 1 aliphatic carbocycles. The van der Waals surface area contributed by atoms with Crippen molar-refractivity contribution in [3.63, 3.8) is 0 Å². The van der Waals surface area contributed by atoms with Gasteiger partial charge in [-0.3, -0.25) is 0 Å². The second-order valence-corrected chi connectivity index (χ2v) is 12.3. The Morgan fingerprint density at radius 3 is 2.33 bits per heavy atom. The predicted octanol–water partition coefficient (Wildman–Crippen LogP) is 11.5. The van der Waals surface area contributed by atoms with Gasteiger partial charge in [-0.2, -0.15) is 6.20 Å². The largest absolute Gasteiger partial charge is 0.664 e. The Kier molecular flexibility index (Phi) is 21.1. The minimum absolute atomic E-state index is 0. The summed E-state index contributed by atoms with van der Waals surface area (Å²) in [6.45, 7) is 27.9. The minimum atomic E-state index is 0. The third kappa shape index (κ3) is 12.5. The van der Waals surface area contributed by atoms with Gasteiger partial charge in [-0.05, 0) is 69.2 Å². The number of hydrogen-bond acceptors (Lipinski definition) is 3. The molecule has 1 aromatic carbocycles. The molecular weight excluding hydrogens is 609 g/mol. The second-order valence-electron chi connectivity index (χ2n) is 11.2. The average Bonchev–Trinajstić information content (AvgIpc) is 2.95. The summed E-state index contributed by atoms with van der Waals surface area (Å²) in [5.41, 5.74) is 9.62. The van der Waals surface area contributed by atoms with Crippen LogP contribution in [-0.4, -0.2) is 28.2 Å². The van der Waals surface area contributed by atoms with Crippen LogP contribution < -0.4 is 0 Å². The number of aryl methyl sites for hydroxylation is 1. The first-order valence-corrected chi connectivity index (χ1v) is 16.2. The maximum absolute atomic E-state index is 7.33. The van der Waals surface area contributed by atoms with E-state index >= 15 is 0 Å². The third-order valence-electron chi connectivity index (χ3n) is 8.20. The molecule has 0 saturated carbocycles. The molecule has 3 unspecified atom stereocenters. The Balaban J connectivity index is 0.000000767. The molecule has 1 heterocycles. The Labute approximate surface area is 288 Å². The number of thioether (sulfide) groups is 1. The molecule has 1 aliphatic heterocycles. The summed E-state index contributed by atoms with van der Waals surface area (Å²) in [7, 11) is 2.16. The van der Waals surface area contributed by atoms with Gasteiger partial charge in [0, 0.05) is 57.3 Å². The Morgan fingerprint density at radius 1 is 1.17 bits per heavy atom. The summed E-state index contributed by atoms with van der Waals surface area (Å²) in [5, 5.41) is 12.5. The summed E-state index contributed by atoms with van der Waals surface area (Å²) >= 11 is 1.97. The van der Waals surface area contributed by atoms with E-state index in [9.17, 15) is 0 Å². The van der Waals surface area contributed by atoms with E-state index in [-0.39, 0.29) is 32.7 Å². The first-order chi connectivity index (χ1) is 19.6. The topological polar surface area (TPSA) is 37.6 Å². The maximum atomic E-state index is 7.33. The van der Waals surface area contributed by atoms with Crippen molar-refractivity contribution in [3.05, 3.63) is 114 Å². The monoisotopic (exact) mass is 665 g/mol. The molecule has 0 bridgehead atoms. The molecule has 0 aromatic heterocycles. The van der Waals surface area contributed by atoms with Crippen molar-refractivity contribution in [1.29, 1.82) is 0 Å². The van der Waals surface area contributed by atoms with Crippen molar-refractivity contribution >= 4 is 17.4 Å². The number of hydrogen-bond donors (Lipinski definition) is 1. The molecule has 42 heavy (non-hydrogen) atoms. The number of rotatable bonds is 10. The van der Waals surface area contributed by atoms with Crippen LogP contribution in [0.2, 0.25) is 0 Å². The number of aliphatic hydroxyl groups is 1. The first kappa shape index (κ1) is 40.4. The van der Waals surface area contributed by atoms with Gasteiger partial charge in [0.05, 0.1) is 11.6 Å². The van der Waals surface area contributed by atoms with Crippen LogP contribution in [0.3, 0.4) is 0 Å². The van der Waals surface area contributed by atoms with E-state index in [2.05, 4.69) is 110 Å². The summed E-state index contributed by atoms with van der Waals surface area (Å²) in [5.74, 6) is 2.88. The molecule has 0 amide bonds. The minimum Gasteiger partial charge on any atom is -0.664 e. The van der Waals surface area contributed by atoms with Crippen LogP contribution in [0.5, 0.6) is 0 Å². The predicted molar refractivity (Wildman–Crippen MR) is 186 cm³/mol. The van der Waals surface area contributed by atoms with Gasteiger partial charge in [-0.1, -0.05) is 75.6 Å². The number of benzene rings is 1. The first-order valence-electron chi connectivity index (χ1n) is 15.1. The van der Waals surface area contributed by atoms with Crippen LogP contribution in [0.15, 0.2) is 85.5 Å². The van der Waals surface area contributed by atoms with Crippen LogP contribution in [0.1, 0.15) is 89.3 Å². The third-order valence-corrected chi connectivity index (χ3v) is 9.77. The fourth-order valence-corrected chi connectivity index (χ4v) is 7.10. The molecule has 2 aliphatic rings. The van der Waals surface area contributed by atoms with Gasteiger partial charge in [0.2, 0.25) is 0 Å². The van der Waals surface area contributed by atoms with Gasteiger partial charge in [0.1, 0.15) is 0 Å². The molecule has 3 atom stereocenters. The molecule has 1 aromatic rings. The fraction of sp³-hybridized carbons (Fsp3) is 0.486. The van der Waals surface area contributed by atoms with Gasteiger partial charge in [0.15, 0.2) is 0 Å². The zero-order valence-electron chi connectivity index (χ0n) is 27.5. The average molecular weight is 666 g/mol. The quantitative estimate of drug-likeness (QED) is 0.154. The van der Waals surface area contributed by atoms with E-state index < -0.39 is 0 Å². The zero-order valence-corrected chi connectivity index (χ0v) is 31.2. The van der Waals surface area contributed by atoms with Gasteiger partial charge in [-0.25, -0.2) is 19.1 Å².